The number of nitrogens with one attached hydrogen (secondary N) is 1. The van der Waals surface area contributed by atoms with Crippen LogP contribution in [0.15, 0.2) is 24.3 Å². The Morgan fingerprint density at radius 2 is 1.80 bits per heavy atom. The van der Waals surface area contributed by atoms with E-state index in [1.54, 1.807) is 5.19 Å². The van der Waals surface area contributed by atoms with E-state index in [9.17, 15) is 0 Å². The van der Waals surface area contributed by atoms with Crippen molar-refractivity contribution < 1.29 is 0 Å². The van der Waals surface area contributed by atoms with E-state index in [0.717, 1.165) is 19.1 Å². The molecule has 0 aliphatic heterocycles. The van der Waals surface area contributed by atoms with Crippen LogP contribution in [0.5, 0.6) is 0 Å². The number of hydrogen-bond acceptors (Lipinski definition) is 2. The van der Waals surface area contributed by atoms with Crippen molar-refractivity contribution in [1.82, 2.24) is 10.2 Å². The van der Waals surface area contributed by atoms with Crippen LogP contribution in [0.2, 0.25) is 19.6 Å². The minimum atomic E-state index is -1.15. The Morgan fingerprint density at radius 3 is 2.30 bits per heavy atom. The molecule has 3 heteroatoms. The van der Waals surface area contributed by atoms with E-state index < -0.39 is 8.07 Å². The zero-order valence-corrected chi connectivity index (χ0v) is 14.6. The fraction of sp³-hybridized carbons (Fsp3) is 0.647. The maximum Gasteiger partial charge on any atom is 0.0775 e. The molecule has 0 bridgehead atoms. The van der Waals surface area contributed by atoms with E-state index in [2.05, 4.69) is 61.0 Å². The highest BCUT2D eigenvalue weighted by Crippen LogP contribution is 2.25. The SMILES string of the molecule is CCN(CCNCc1ccc([Si](C)(C)C)cc1)C1CC1. The summed E-state index contributed by atoms with van der Waals surface area (Å²) in [6.45, 7) is 13.9. The van der Waals surface area contributed by atoms with Gasteiger partial charge < -0.3 is 5.32 Å². The second-order valence-electron chi connectivity index (χ2n) is 6.98. The van der Waals surface area contributed by atoms with Crippen molar-refractivity contribution in [3.05, 3.63) is 29.8 Å². The smallest absolute Gasteiger partial charge is 0.0775 e. The number of hydrogen-bond donors (Lipinski definition) is 1. The lowest BCUT2D eigenvalue weighted by Gasteiger charge is -2.20. The van der Waals surface area contributed by atoms with Crippen molar-refractivity contribution in [2.75, 3.05) is 19.6 Å². The summed E-state index contributed by atoms with van der Waals surface area (Å²) < 4.78 is 0. The standard InChI is InChI=1S/C17H30N2Si/c1-5-19(16-8-9-16)13-12-18-14-15-6-10-17(11-7-15)20(2,3)4/h6-7,10-11,16,18H,5,8-9,12-14H2,1-4H3. The Kier molecular flexibility index (Phi) is 5.41. The maximum absolute atomic E-state index is 3.58. The zero-order chi connectivity index (χ0) is 14.6. The monoisotopic (exact) mass is 290 g/mol. The van der Waals surface area contributed by atoms with Gasteiger partial charge in [0.05, 0.1) is 8.07 Å². The molecule has 1 aliphatic rings. The van der Waals surface area contributed by atoms with E-state index in [1.165, 1.54) is 31.5 Å². The molecule has 2 nitrogen and oxygen atoms in total. The highest BCUT2D eigenvalue weighted by molar-refractivity contribution is 6.88. The van der Waals surface area contributed by atoms with Crippen molar-refractivity contribution >= 4 is 13.3 Å². The lowest BCUT2D eigenvalue weighted by Crippen LogP contribution is -2.37. The summed E-state index contributed by atoms with van der Waals surface area (Å²) >= 11 is 0. The van der Waals surface area contributed by atoms with Gasteiger partial charge in [0, 0.05) is 25.7 Å². The third kappa shape index (κ3) is 4.72. The number of nitrogens with zero attached hydrogens (tertiary/aromatic N) is 1. The first kappa shape index (κ1) is 15.7. The predicted molar refractivity (Wildman–Crippen MR) is 91.4 cm³/mol. The van der Waals surface area contributed by atoms with E-state index >= 15 is 0 Å². The highest BCUT2D eigenvalue weighted by atomic mass is 28.3. The molecule has 0 spiro atoms. The van der Waals surface area contributed by atoms with Crippen LogP contribution in [0.4, 0.5) is 0 Å². The quantitative estimate of drug-likeness (QED) is 0.585. The summed E-state index contributed by atoms with van der Waals surface area (Å²) in [5, 5.41) is 5.13. The first-order valence-electron chi connectivity index (χ1n) is 8.05. The fourth-order valence-corrected chi connectivity index (χ4v) is 3.78. The summed E-state index contributed by atoms with van der Waals surface area (Å²) in [7, 11) is -1.15. The summed E-state index contributed by atoms with van der Waals surface area (Å²) in [6.07, 6.45) is 2.82. The van der Waals surface area contributed by atoms with E-state index in [0.29, 0.717) is 0 Å². The average molecular weight is 291 g/mol. The van der Waals surface area contributed by atoms with E-state index in [-0.39, 0.29) is 0 Å². The average Bonchev–Trinajstić information content (AvgIpc) is 3.23. The topological polar surface area (TPSA) is 15.3 Å². The van der Waals surface area contributed by atoms with Crippen LogP contribution in [-0.4, -0.2) is 38.6 Å². The molecule has 0 saturated heterocycles. The number of rotatable bonds is 8. The van der Waals surface area contributed by atoms with Crippen molar-refractivity contribution in [3.8, 4) is 0 Å². The van der Waals surface area contributed by atoms with Gasteiger partial charge in [0.2, 0.25) is 0 Å². The molecular formula is C17H30N2Si. The van der Waals surface area contributed by atoms with Crippen LogP contribution in [0.1, 0.15) is 25.3 Å². The second kappa shape index (κ2) is 6.88. The van der Waals surface area contributed by atoms with Gasteiger partial charge in [-0.1, -0.05) is 56.0 Å². The molecule has 0 aromatic heterocycles. The van der Waals surface area contributed by atoms with Gasteiger partial charge in [0.1, 0.15) is 0 Å². The maximum atomic E-state index is 3.58. The first-order valence-corrected chi connectivity index (χ1v) is 11.5. The Balaban J connectivity index is 1.71. The molecule has 1 fully saturated rings. The normalized spacial score (nSPS) is 15.8. The number of likely N-dealkylation sites (N-methyl/N-ethyl adjacent to an activating group) is 1. The van der Waals surface area contributed by atoms with Gasteiger partial charge in [-0.2, -0.15) is 0 Å². The molecule has 0 atom stereocenters. The summed E-state index contributed by atoms with van der Waals surface area (Å²) in [6, 6.07) is 10.1. The van der Waals surface area contributed by atoms with Crippen molar-refractivity contribution in [3.63, 3.8) is 0 Å². The van der Waals surface area contributed by atoms with Crippen molar-refractivity contribution in [1.29, 1.82) is 0 Å². The lowest BCUT2D eigenvalue weighted by molar-refractivity contribution is 0.277. The largest absolute Gasteiger partial charge is 0.311 e. The zero-order valence-electron chi connectivity index (χ0n) is 13.6. The van der Waals surface area contributed by atoms with E-state index in [1.807, 2.05) is 0 Å². The van der Waals surface area contributed by atoms with Gasteiger partial charge in [-0.05, 0) is 24.9 Å². The molecule has 1 saturated carbocycles. The molecule has 0 amide bonds. The Hall–Kier alpha value is -0.643. The third-order valence-electron chi connectivity index (χ3n) is 4.19. The second-order valence-corrected chi connectivity index (χ2v) is 12.1. The first-order chi connectivity index (χ1) is 9.50. The Labute approximate surface area is 125 Å². The molecule has 1 aromatic rings. The van der Waals surface area contributed by atoms with Crippen LogP contribution in [-0.2, 0) is 6.54 Å². The molecule has 0 heterocycles. The minimum absolute atomic E-state index is 0.887. The molecule has 1 aliphatic carbocycles. The molecule has 20 heavy (non-hydrogen) atoms. The molecule has 0 radical (unpaired) electrons. The van der Waals surface area contributed by atoms with Crippen LogP contribution in [0, 0.1) is 0 Å². The van der Waals surface area contributed by atoms with Crippen LogP contribution in [0.3, 0.4) is 0 Å². The minimum Gasteiger partial charge on any atom is -0.311 e. The van der Waals surface area contributed by atoms with Crippen LogP contribution < -0.4 is 10.5 Å². The van der Waals surface area contributed by atoms with Gasteiger partial charge in [-0.15, -0.1) is 0 Å². The molecule has 0 unspecified atom stereocenters. The summed E-state index contributed by atoms with van der Waals surface area (Å²) in [5.74, 6) is 0. The van der Waals surface area contributed by atoms with Gasteiger partial charge in [0.25, 0.3) is 0 Å². The molecule has 1 N–H and O–H groups in total. The molecule has 1 aromatic carbocycles. The molecule has 112 valence electrons. The van der Waals surface area contributed by atoms with Gasteiger partial charge in [-0.3, -0.25) is 4.90 Å². The number of benzene rings is 1. The Bertz CT molecular complexity index is 404. The highest BCUT2D eigenvalue weighted by Gasteiger charge is 2.26. The summed E-state index contributed by atoms with van der Waals surface area (Å²) in [4.78, 5) is 2.60. The van der Waals surface area contributed by atoms with Gasteiger partial charge in [-0.25, -0.2) is 0 Å². The summed E-state index contributed by atoms with van der Waals surface area (Å²) in [5.41, 5.74) is 1.40. The fourth-order valence-electron chi connectivity index (χ4n) is 2.62. The van der Waals surface area contributed by atoms with Gasteiger partial charge in [0.15, 0.2) is 0 Å². The Morgan fingerprint density at radius 1 is 1.15 bits per heavy atom. The lowest BCUT2D eigenvalue weighted by atomic mass is 10.2. The van der Waals surface area contributed by atoms with Gasteiger partial charge >= 0.3 is 0 Å². The molecule has 2 rings (SSSR count). The van der Waals surface area contributed by atoms with Crippen LogP contribution >= 0.6 is 0 Å². The van der Waals surface area contributed by atoms with E-state index in [4.69, 9.17) is 0 Å². The van der Waals surface area contributed by atoms with Crippen molar-refractivity contribution in [2.24, 2.45) is 0 Å². The predicted octanol–water partition coefficient (Wildman–Crippen LogP) is 2.81. The third-order valence-corrected chi connectivity index (χ3v) is 6.26. The molecular weight excluding hydrogens is 260 g/mol. The van der Waals surface area contributed by atoms with Crippen LogP contribution in [0.25, 0.3) is 0 Å². The van der Waals surface area contributed by atoms with Crippen molar-refractivity contribution in [2.45, 2.75) is 52.0 Å².